The molecule has 1 rings (SSSR count). The Kier molecular flexibility index (Phi) is 6.55. The average molecular weight is 267 g/mol. The van der Waals surface area contributed by atoms with E-state index in [1.165, 1.54) is 0 Å². The third-order valence-corrected chi connectivity index (χ3v) is 3.16. The summed E-state index contributed by atoms with van der Waals surface area (Å²) in [5.41, 5.74) is 6.20. The molecule has 0 saturated heterocycles. The van der Waals surface area contributed by atoms with E-state index in [1.807, 2.05) is 12.1 Å². The maximum absolute atomic E-state index is 6.20. The Morgan fingerprint density at radius 3 is 2.32 bits per heavy atom. The molecule has 1 aromatic heterocycles. The van der Waals surface area contributed by atoms with Crippen molar-refractivity contribution in [1.29, 1.82) is 0 Å². The van der Waals surface area contributed by atoms with Gasteiger partial charge in [-0.25, -0.2) is 0 Å². The molecular weight excluding hydrogens is 238 g/mol. The zero-order chi connectivity index (χ0) is 14.4. The lowest BCUT2D eigenvalue weighted by Crippen LogP contribution is -2.43. The Balaban J connectivity index is 2.84. The molecule has 0 bridgehead atoms. The maximum Gasteiger partial charge on any atom is 0.122 e. The van der Waals surface area contributed by atoms with Crippen molar-refractivity contribution in [3.05, 3.63) is 24.2 Å². The first-order valence-electron chi connectivity index (χ1n) is 7.09. The summed E-state index contributed by atoms with van der Waals surface area (Å²) < 4.78 is 5.59. The molecule has 0 spiro atoms. The fourth-order valence-corrected chi connectivity index (χ4v) is 2.37. The van der Waals surface area contributed by atoms with Crippen molar-refractivity contribution in [1.82, 2.24) is 9.80 Å². The van der Waals surface area contributed by atoms with E-state index in [2.05, 4.69) is 44.7 Å². The Morgan fingerprint density at radius 2 is 1.89 bits per heavy atom. The van der Waals surface area contributed by atoms with Gasteiger partial charge in [-0.1, -0.05) is 13.8 Å². The van der Waals surface area contributed by atoms with Crippen molar-refractivity contribution in [3.8, 4) is 0 Å². The molecule has 0 saturated carbocycles. The molecule has 0 amide bonds. The Bertz CT molecular complexity index is 333. The van der Waals surface area contributed by atoms with Crippen molar-refractivity contribution < 1.29 is 4.42 Å². The summed E-state index contributed by atoms with van der Waals surface area (Å²) in [6.45, 7) is 9.58. The van der Waals surface area contributed by atoms with E-state index in [0.717, 1.165) is 25.4 Å². The van der Waals surface area contributed by atoms with Crippen molar-refractivity contribution in [3.63, 3.8) is 0 Å². The van der Waals surface area contributed by atoms with Crippen LogP contribution in [0.2, 0.25) is 0 Å². The highest BCUT2D eigenvalue weighted by Crippen LogP contribution is 2.24. The standard InChI is InChI=1S/C15H29N3O/c1-12(2)11-18(9-8-17(4)5)15(13(3)16)14-7-6-10-19-14/h6-7,10,12-13,15H,8-9,11,16H2,1-5H3. The van der Waals surface area contributed by atoms with Gasteiger partial charge >= 0.3 is 0 Å². The van der Waals surface area contributed by atoms with E-state index in [9.17, 15) is 0 Å². The lowest BCUT2D eigenvalue weighted by Gasteiger charge is -2.34. The van der Waals surface area contributed by atoms with E-state index < -0.39 is 0 Å². The highest BCUT2D eigenvalue weighted by atomic mass is 16.3. The summed E-state index contributed by atoms with van der Waals surface area (Å²) in [7, 11) is 4.20. The Morgan fingerprint density at radius 1 is 1.21 bits per heavy atom. The number of rotatable bonds is 8. The lowest BCUT2D eigenvalue weighted by molar-refractivity contribution is 0.127. The highest BCUT2D eigenvalue weighted by Gasteiger charge is 2.26. The van der Waals surface area contributed by atoms with Gasteiger partial charge in [0.15, 0.2) is 0 Å². The minimum Gasteiger partial charge on any atom is -0.468 e. The van der Waals surface area contributed by atoms with Gasteiger partial charge in [-0.05, 0) is 39.1 Å². The van der Waals surface area contributed by atoms with Crippen LogP contribution in [0, 0.1) is 5.92 Å². The molecule has 2 unspecified atom stereocenters. The van der Waals surface area contributed by atoms with Gasteiger partial charge < -0.3 is 15.1 Å². The Hall–Kier alpha value is -0.840. The number of hydrogen-bond donors (Lipinski definition) is 1. The van der Waals surface area contributed by atoms with E-state index >= 15 is 0 Å². The van der Waals surface area contributed by atoms with Gasteiger partial charge in [-0.2, -0.15) is 0 Å². The van der Waals surface area contributed by atoms with Gasteiger partial charge in [0.05, 0.1) is 12.3 Å². The van der Waals surface area contributed by atoms with Crippen LogP contribution in [0.1, 0.15) is 32.6 Å². The molecule has 2 N–H and O–H groups in total. The summed E-state index contributed by atoms with van der Waals surface area (Å²) in [6, 6.07) is 4.16. The SMILES string of the molecule is CC(C)CN(CCN(C)C)C(c1ccco1)C(C)N. The summed E-state index contributed by atoms with van der Waals surface area (Å²) in [4.78, 5) is 4.64. The first-order valence-corrected chi connectivity index (χ1v) is 7.09. The number of nitrogens with two attached hydrogens (primary N) is 1. The molecule has 1 heterocycles. The predicted octanol–water partition coefficient (Wildman–Crippen LogP) is 2.19. The third-order valence-electron chi connectivity index (χ3n) is 3.16. The summed E-state index contributed by atoms with van der Waals surface area (Å²) in [5.74, 6) is 1.58. The van der Waals surface area contributed by atoms with E-state index in [0.29, 0.717) is 5.92 Å². The van der Waals surface area contributed by atoms with Crippen LogP contribution in [-0.4, -0.2) is 49.6 Å². The number of nitrogens with zero attached hydrogens (tertiary/aromatic N) is 2. The third kappa shape index (κ3) is 5.35. The maximum atomic E-state index is 6.20. The molecule has 0 aliphatic heterocycles. The van der Waals surface area contributed by atoms with Crippen LogP contribution in [0.3, 0.4) is 0 Å². The predicted molar refractivity (Wildman–Crippen MR) is 80.1 cm³/mol. The zero-order valence-electron chi connectivity index (χ0n) is 13.0. The lowest BCUT2D eigenvalue weighted by atomic mass is 10.0. The van der Waals surface area contributed by atoms with Gasteiger partial charge in [0.2, 0.25) is 0 Å². The van der Waals surface area contributed by atoms with E-state index in [-0.39, 0.29) is 12.1 Å². The highest BCUT2D eigenvalue weighted by molar-refractivity contribution is 5.07. The summed E-state index contributed by atoms with van der Waals surface area (Å²) >= 11 is 0. The second-order valence-corrected chi connectivity index (χ2v) is 6.01. The smallest absolute Gasteiger partial charge is 0.122 e. The first-order chi connectivity index (χ1) is 8.91. The average Bonchev–Trinajstić information content (AvgIpc) is 2.78. The molecule has 4 nitrogen and oxygen atoms in total. The molecule has 1 aromatic rings. The minimum atomic E-state index is 0.0482. The van der Waals surface area contributed by atoms with Crippen LogP contribution >= 0.6 is 0 Å². The Labute approximate surface area is 117 Å². The van der Waals surface area contributed by atoms with Crippen LogP contribution < -0.4 is 5.73 Å². The van der Waals surface area contributed by atoms with Crippen molar-refractivity contribution in [2.24, 2.45) is 11.7 Å². The largest absolute Gasteiger partial charge is 0.468 e. The van der Waals surface area contributed by atoms with Crippen LogP contribution in [-0.2, 0) is 0 Å². The molecule has 19 heavy (non-hydrogen) atoms. The zero-order valence-corrected chi connectivity index (χ0v) is 13.0. The second kappa shape index (κ2) is 7.68. The fraction of sp³-hybridized carbons (Fsp3) is 0.733. The monoisotopic (exact) mass is 267 g/mol. The number of likely N-dealkylation sites (N-methyl/N-ethyl adjacent to an activating group) is 1. The molecule has 0 aliphatic rings. The molecule has 110 valence electrons. The van der Waals surface area contributed by atoms with Crippen molar-refractivity contribution in [2.45, 2.75) is 32.9 Å². The van der Waals surface area contributed by atoms with Crippen molar-refractivity contribution in [2.75, 3.05) is 33.7 Å². The van der Waals surface area contributed by atoms with E-state index in [4.69, 9.17) is 10.2 Å². The molecule has 2 atom stereocenters. The van der Waals surface area contributed by atoms with Crippen LogP contribution in [0.25, 0.3) is 0 Å². The quantitative estimate of drug-likeness (QED) is 0.784. The van der Waals surface area contributed by atoms with Crippen molar-refractivity contribution >= 4 is 0 Å². The number of hydrogen-bond acceptors (Lipinski definition) is 4. The minimum absolute atomic E-state index is 0.0482. The van der Waals surface area contributed by atoms with Gasteiger partial charge in [0, 0.05) is 25.7 Å². The molecule has 0 fully saturated rings. The molecule has 0 aliphatic carbocycles. The van der Waals surface area contributed by atoms with Crippen LogP contribution in [0.15, 0.2) is 22.8 Å². The summed E-state index contributed by atoms with van der Waals surface area (Å²) in [6.07, 6.45) is 1.73. The van der Waals surface area contributed by atoms with Gasteiger partial charge in [-0.15, -0.1) is 0 Å². The summed E-state index contributed by atoms with van der Waals surface area (Å²) in [5, 5.41) is 0. The van der Waals surface area contributed by atoms with Crippen LogP contribution in [0.5, 0.6) is 0 Å². The molecule has 4 heteroatoms. The molecule has 0 aromatic carbocycles. The topological polar surface area (TPSA) is 45.6 Å². The van der Waals surface area contributed by atoms with Gasteiger partial charge in [-0.3, -0.25) is 4.90 Å². The van der Waals surface area contributed by atoms with Crippen LogP contribution in [0.4, 0.5) is 0 Å². The number of furan rings is 1. The molecule has 0 radical (unpaired) electrons. The fourth-order valence-electron chi connectivity index (χ4n) is 2.37. The second-order valence-electron chi connectivity index (χ2n) is 6.01. The first kappa shape index (κ1) is 16.2. The van der Waals surface area contributed by atoms with Gasteiger partial charge in [0.1, 0.15) is 5.76 Å². The normalized spacial score (nSPS) is 15.4. The van der Waals surface area contributed by atoms with Gasteiger partial charge in [0.25, 0.3) is 0 Å². The molecular formula is C15H29N3O. The van der Waals surface area contributed by atoms with E-state index in [1.54, 1.807) is 6.26 Å².